The Bertz CT molecular complexity index is 515. The summed E-state index contributed by atoms with van der Waals surface area (Å²) >= 11 is 0. The summed E-state index contributed by atoms with van der Waals surface area (Å²) in [5.41, 5.74) is 3.96. The predicted octanol–water partition coefficient (Wildman–Crippen LogP) is 0.787. The summed E-state index contributed by atoms with van der Waals surface area (Å²) in [5, 5.41) is 8.76. The van der Waals surface area contributed by atoms with Gasteiger partial charge in [-0.05, 0) is 11.1 Å². The van der Waals surface area contributed by atoms with Crippen molar-refractivity contribution in [1.82, 2.24) is 0 Å². The van der Waals surface area contributed by atoms with E-state index in [0.717, 1.165) is 11.1 Å². The number of rotatable bonds is 3. The molecule has 0 unspecified atom stereocenters. The Kier molecular flexibility index (Phi) is 3.40. The van der Waals surface area contributed by atoms with Crippen LogP contribution in [0.15, 0.2) is 48.5 Å². The molecule has 0 amide bonds. The van der Waals surface area contributed by atoms with E-state index in [1.54, 1.807) is 12.1 Å². The number of hydrogen-bond donors (Lipinski definition) is 1. The van der Waals surface area contributed by atoms with Gasteiger partial charge in [0.15, 0.2) is 5.78 Å². The van der Waals surface area contributed by atoms with Crippen LogP contribution in [0.4, 0.5) is 0 Å². The molecule has 0 aromatic heterocycles. The van der Waals surface area contributed by atoms with Crippen LogP contribution < -0.4 is 5.46 Å². The first-order chi connectivity index (χ1) is 8.20. The standard InChI is InChI=1S/C14H13BO2/c15-13-7-5-11(6-8-13)10-1-3-12(4-2-10)14(17)9-16/h1-8,16H,9,15H2. The van der Waals surface area contributed by atoms with Crippen LogP contribution in [0.5, 0.6) is 0 Å². The lowest BCUT2D eigenvalue weighted by molar-refractivity contribution is 0.0904. The maximum Gasteiger partial charge on any atom is 0.188 e. The normalized spacial score (nSPS) is 10.2. The summed E-state index contributed by atoms with van der Waals surface area (Å²) in [6, 6.07) is 15.5. The van der Waals surface area contributed by atoms with Crippen molar-refractivity contribution < 1.29 is 9.90 Å². The number of ketones is 1. The zero-order valence-corrected chi connectivity index (χ0v) is 9.68. The molecule has 1 N–H and O–H groups in total. The Labute approximate surface area is 101 Å². The summed E-state index contributed by atoms with van der Waals surface area (Å²) in [6.45, 7) is -0.441. The first-order valence-electron chi connectivity index (χ1n) is 5.52. The van der Waals surface area contributed by atoms with Gasteiger partial charge in [-0.15, -0.1) is 0 Å². The molecule has 0 bridgehead atoms. The van der Waals surface area contributed by atoms with Crippen LogP contribution in [0.2, 0.25) is 0 Å². The maximum absolute atomic E-state index is 11.3. The van der Waals surface area contributed by atoms with Crippen LogP contribution in [-0.2, 0) is 0 Å². The quantitative estimate of drug-likeness (QED) is 0.618. The predicted molar refractivity (Wildman–Crippen MR) is 71.5 cm³/mol. The molecular weight excluding hydrogens is 211 g/mol. The molecule has 0 spiro atoms. The Balaban J connectivity index is 2.29. The summed E-state index contributed by atoms with van der Waals surface area (Å²) < 4.78 is 0. The van der Waals surface area contributed by atoms with Gasteiger partial charge in [-0.2, -0.15) is 0 Å². The van der Waals surface area contributed by atoms with Crippen molar-refractivity contribution >= 4 is 19.1 Å². The van der Waals surface area contributed by atoms with Crippen LogP contribution in [0.3, 0.4) is 0 Å². The second-order valence-corrected chi connectivity index (χ2v) is 4.02. The fraction of sp³-hybridized carbons (Fsp3) is 0.0714. The van der Waals surface area contributed by atoms with Gasteiger partial charge in [-0.3, -0.25) is 4.79 Å². The topological polar surface area (TPSA) is 37.3 Å². The lowest BCUT2D eigenvalue weighted by Crippen LogP contribution is -2.03. The maximum atomic E-state index is 11.3. The third kappa shape index (κ3) is 2.63. The highest BCUT2D eigenvalue weighted by molar-refractivity contribution is 6.32. The van der Waals surface area contributed by atoms with E-state index in [9.17, 15) is 4.79 Å². The largest absolute Gasteiger partial charge is 0.388 e. The molecule has 2 aromatic rings. The van der Waals surface area contributed by atoms with Gasteiger partial charge in [0.1, 0.15) is 14.5 Å². The molecule has 2 nitrogen and oxygen atoms in total. The van der Waals surface area contributed by atoms with Gasteiger partial charge in [-0.1, -0.05) is 54.0 Å². The molecule has 0 aliphatic heterocycles. The van der Waals surface area contributed by atoms with E-state index in [-0.39, 0.29) is 5.78 Å². The molecular formula is C14H13BO2. The van der Waals surface area contributed by atoms with Crippen LogP contribution >= 0.6 is 0 Å². The monoisotopic (exact) mass is 224 g/mol. The van der Waals surface area contributed by atoms with Crippen LogP contribution in [-0.4, -0.2) is 25.3 Å². The minimum Gasteiger partial charge on any atom is -0.388 e. The van der Waals surface area contributed by atoms with Gasteiger partial charge in [-0.25, -0.2) is 0 Å². The highest BCUT2D eigenvalue weighted by Gasteiger charge is 2.04. The molecule has 0 atom stereocenters. The van der Waals surface area contributed by atoms with Crippen LogP contribution in [0, 0.1) is 0 Å². The number of benzene rings is 2. The number of aliphatic hydroxyl groups is 1. The molecule has 0 saturated carbocycles. The van der Waals surface area contributed by atoms with Crippen molar-refractivity contribution in [2.75, 3.05) is 6.61 Å². The smallest absolute Gasteiger partial charge is 0.188 e. The third-order valence-corrected chi connectivity index (χ3v) is 2.74. The van der Waals surface area contributed by atoms with Gasteiger partial charge < -0.3 is 5.11 Å². The summed E-state index contributed by atoms with van der Waals surface area (Å²) in [6.07, 6.45) is 0. The molecule has 0 saturated heterocycles. The van der Waals surface area contributed by atoms with Crippen molar-refractivity contribution in [1.29, 1.82) is 0 Å². The summed E-state index contributed by atoms with van der Waals surface area (Å²) in [5.74, 6) is -0.250. The van der Waals surface area contributed by atoms with Crippen LogP contribution in [0.25, 0.3) is 11.1 Å². The van der Waals surface area contributed by atoms with E-state index in [1.807, 2.05) is 20.0 Å². The highest BCUT2D eigenvalue weighted by Crippen LogP contribution is 2.18. The molecule has 0 aliphatic rings. The van der Waals surface area contributed by atoms with E-state index in [2.05, 4.69) is 24.3 Å². The molecule has 3 heteroatoms. The molecule has 0 aliphatic carbocycles. The van der Waals surface area contributed by atoms with E-state index in [4.69, 9.17) is 5.11 Å². The molecule has 84 valence electrons. The molecule has 2 rings (SSSR count). The zero-order chi connectivity index (χ0) is 12.3. The van der Waals surface area contributed by atoms with Crippen molar-refractivity contribution in [3.8, 4) is 11.1 Å². The Morgan fingerprint density at radius 2 is 1.41 bits per heavy atom. The van der Waals surface area contributed by atoms with Gasteiger partial charge in [0.25, 0.3) is 0 Å². The van der Waals surface area contributed by atoms with E-state index in [0.29, 0.717) is 5.56 Å². The lowest BCUT2D eigenvalue weighted by atomic mass is 9.93. The Morgan fingerprint density at radius 1 is 0.941 bits per heavy atom. The second kappa shape index (κ2) is 4.98. The van der Waals surface area contributed by atoms with Gasteiger partial charge in [0, 0.05) is 5.56 Å². The number of hydrogen-bond acceptors (Lipinski definition) is 2. The minimum absolute atomic E-state index is 0.250. The minimum atomic E-state index is -0.441. The van der Waals surface area contributed by atoms with E-state index < -0.39 is 6.61 Å². The molecule has 0 radical (unpaired) electrons. The van der Waals surface area contributed by atoms with Crippen molar-refractivity contribution in [3.63, 3.8) is 0 Å². The lowest BCUT2D eigenvalue weighted by Gasteiger charge is -2.03. The average molecular weight is 224 g/mol. The van der Waals surface area contributed by atoms with Crippen molar-refractivity contribution in [3.05, 3.63) is 54.1 Å². The second-order valence-electron chi connectivity index (χ2n) is 4.02. The fourth-order valence-corrected chi connectivity index (χ4v) is 1.69. The van der Waals surface area contributed by atoms with Crippen LogP contribution in [0.1, 0.15) is 10.4 Å². The number of carbonyl (C=O) groups is 1. The van der Waals surface area contributed by atoms with E-state index >= 15 is 0 Å². The van der Waals surface area contributed by atoms with E-state index in [1.165, 1.54) is 5.46 Å². The third-order valence-electron chi connectivity index (χ3n) is 2.74. The molecule has 0 heterocycles. The fourth-order valence-electron chi connectivity index (χ4n) is 1.69. The molecule has 0 fully saturated rings. The number of Topliss-reactive ketones (excluding diaryl/α,β-unsaturated/α-hetero) is 1. The van der Waals surface area contributed by atoms with Gasteiger partial charge >= 0.3 is 0 Å². The van der Waals surface area contributed by atoms with Crippen molar-refractivity contribution in [2.24, 2.45) is 0 Å². The van der Waals surface area contributed by atoms with Crippen molar-refractivity contribution in [2.45, 2.75) is 0 Å². The number of aliphatic hydroxyl groups excluding tert-OH is 1. The first-order valence-corrected chi connectivity index (χ1v) is 5.52. The van der Waals surface area contributed by atoms with Gasteiger partial charge in [0.05, 0.1) is 0 Å². The SMILES string of the molecule is Bc1ccc(-c2ccc(C(=O)CO)cc2)cc1. The van der Waals surface area contributed by atoms with Gasteiger partial charge in [0.2, 0.25) is 0 Å². The number of carbonyl (C=O) groups excluding carboxylic acids is 1. The summed E-state index contributed by atoms with van der Waals surface area (Å²) in [7, 11) is 2.05. The first kappa shape index (κ1) is 11.6. The summed E-state index contributed by atoms with van der Waals surface area (Å²) in [4.78, 5) is 11.3. The Hall–Kier alpha value is -1.87. The average Bonchev–Trinajstić information content (AvgIpc) is 2.39. The highest BCUT2D eigenvalue weighted by atomic mass is 16.3. The Morgan fingerprint density at radius 3 is 1.88 bits per heavy atom. The zero-order valence-electron chi connectivity index (χ0n) is 9.68. The molecule has 17 heavy (non-hydrogen) atoms. The molecule has 2 aromatic carbocycles.